The molecule has 1 saturated heterocycles. The summed E-state index contributed by atoms with van der Waals surface area (Å²) >= 11 is 0. The molecule has 0 spiro atoms. The van der Waals surface area contributed by atoms with E-state index < -0.39 is 46.8 Å². The van der Waals surface area contributed by atoms with Crippen molar-refractivity contribution in [1.82, 2.24) is 4.90 Å². The lowest BCUT2D eigenvalue weighted by molar-refractivity contribution is 0.0675. The van der Waals surface area contributed by atoms with Crippen LogP contribution in [0.25, 0.3) is 0 Å². The van der Waals surface area contributed by atoms with Gasteiger partial charge in [0.25, 0.3) is 0 Å². The largest absolute Gasteiger partial charge is 0.389 e. The predicted octanol–water partition coefficient (Wildman–Crippen LogP) is 2.34. The van der Waals surface area contributed by atoms with Crippen molar-refractivity contribution in [3.63, 3.8) is 0 Å². The Morgan fingerprint density at radius 1 is 1.00 bits per heavy atom. The molecule has 1 aliphatic rings. The number of benzene rings is 1. The van der Waals surface area contributed by atoms with E-state index in [1.54, 1.807) is 6.92 Å². The molecule has 1 heterocycles. The Labute approximate surface area is 106 Å². The molecule has 0 bridgehead atoms. The number of β-amino-alcohol motifs (C(OH)–C–C–N with tert-alkyl or cyclic N) is 1. The monoisotopic (exact) mass is 281 g/mol. The number of nitrogens with zero attached hydrogens (tertiary/aromatic N) is 1. The second-order valence-electron chi connectivity index (χ2n) is 5.01. The van der Waals surface area contributed by atoms with Crippen LogP contribution in [0.15, 0.2) is 0 Å². The van der Waals surface area contributed by atoms with E-state index in [4.69, 9.17) is 0 Å². The minimum Gasteiger partial charge on any atom is -0.389 e. The molecule has 0 saturated carbocycles. The second kappa shape index (κ2) is 4.72. The van der Waals surface area contributed by atoms with E-state index in [-0.39, 0.29) is 6.54 Å². The maximum absolute atomic E-state index is 13.4. The van der Waals surface area contributed by atoms with Crippen LogP contribution in [0.5, 0.6) is 0 Å². The number of likely N-dealkylation sites (tertiary alicyclic amines) is 1. The summed E-state index contributed by atoms with van der Waals surface area (Å²) in [7, 11) is 0. The van der Waals surface area contributed by atoms with Gasteiger partial charge in [0.1, 0.15) is 0 Å². The fourth-order valence-corrected chi connectivity index (χ4v) is 2.19. The van der Waals surface area contributed by atoms with Gasteiger partial charge in [-0.2, -0.15) is 0 Å². The average molecular weight is 281 g/mol. The lowest BCUT2D eigenvalue weighted by Crippen LogP contribution is -2.30. The Morgan fingerprint density at radius 2 is 1.47 bits per heavy atom. The van der Waals surface area contributed by atoms with Gasteiger partial charge in [-0.1, -0.05) is 0 Å². The molecule has 1 aliphatic heterocycles. The summed E-state index contributed by atoms with van der Waals surface area (Å²) in [6.45, 7) is 1.56. The van der Waals surface area contributed by atoms with Crippen molar-refractivity contribution in [3.05, 3.63) is 34.6 Å². The summed E-state index contributed by atoms with van der Waals surface area (Å²) in [6, 6.07) is 0. The van der Waals surface area contributed by atoms with Crippen molar-refractivity contribution in [3.8, 4) is 0 Å². The number of hydrogen-bond acceptors (Lipinski definition) is 2. The van der Waals surface area contributed by atoms with Crippen LogP contribution >= 0.6 is 0 Å². The molecule has 1 unspecified atom stereocenters. The Balaban J connectivity index is 2.31. The molecular weight excluding hydrogens is 269 g/mol. The van der Waals surface area contributed by atoms with Crippen LogP contribution in [0, 0.1) is 29.1 Å². The van der Waals surface area contributed by atoms with Gasteiger partial charge in [0.2, 0.25) is 5.82 Å². The summed E-state index contributed by atoms with van der Waals surface area (Å²) < 4.78 is 65.7. The van der Waals surface area contributed by atoms with Crippen molar-refractivity contribution < 1.29 is 27.1 Å². The summed E-state index contributed by atoms with van der Waals surface area (Å²) in [4.78, 5) is 1.44. The quantitative estimate of drug-likeness (QED) is 0.511. The van der Waals surface area contributed by atoms with E-state index in [2.05, 4.69) is 0 Å². The molecule has 7 heteroatoms. The fourth-order valence-electron chi connectivity index (χ4n) is 2.19. The third-order valence-electron chi connectivity index (χ3n) is 3.21. The van der Waals surface area contributed by atoms with E-state index >= 15 is 0 Å². The fraction of sp³-hybridized carbons (Fsp3) is 0.500. The van der Waals surface area contributed by atoms with Gasteiger partial charge in [0.05, 0.1) is 5.60 Å². The van der Waals surface area contributed by atoms with Crippen LogP contribution in [0.1, 0.15) is 18.9 Å². The highest BCUT2D eigenvalue weighted by Crippen LogP contribution is 2.27. The van der Waals surface area contributed by atoms with Crippen LogP contribution in [0.3, 0.4) is 0 Å². The first-order valence-electron chi connectivity index (χ1n) is 5.68. The summed E-state index contributed by atoms with van der Waals surface area (Å²) in [5.74, 6) is -9.68. The molecule has 2 nitrogen and oxygen atoms in total. The molecule has 106 valence electrons. The Hall–Kier alpha value is -1.21. The van der Waals surface area contributed by atoms with E-state index in [1.807, 2.05) is 0 Å². The summed E-state index contributed by atoms with van der Waals surface area (Å²) in [5.41, 5.74) is -1.88. The summed E-state index contributed by atoms with van der Waals surface area (Å²) in [6.07, 6.45) is 0.377. The maximum Gasteiger partial charge on any atom is 0.200 e. The molecule has 0 amide bonds. The standard InChI is InChI=1S/C12H12F5NO/c1-12(19)2-3-18(5-12)4-6-7(13)9(15)11(17)10(16)8(6)14/h19H,2-5H2,1H3. The van der Waals surface area contributed by atoms with Crippen molar-refractivity contribution in [2.75, 3.05) is 13.1 Å². The zero-order valence-corrected chi connectivity index (χ0v) is 10.1. The molecule has 1 atom stereocenters. The van der Waals surface area contributed by atoms with E-state index in [9.17, 15) is 27.1 Å². The minimum atomic E-state index is -2.16. The topological polar surface area (TPSA) is 23.5 Å². The minimum absolute atomic E-state index is 0.118. The van der Waals surface area contributed by atoms with Crippen molar-refractivity contribution in [2.24, 2.45) is 0 Å². The Bertz CT molecular complexity index is 488. The smallest absolute Gasteiger partial charge is 0.200 e. The predicted molar refractivity (Wildman–Crippen MR) is 56.7 cm³/mol. The molecule has 1 fully saturated rings. The van der Waals surface area contributed by atoms with Gasteiger partial charge in [0.15, 0.2) is 23.3 Å². The molecule has 2 rings (SSSR count). The van der Waals surface area contributed by atoms with Gasteiger partial charge < -0.3 is 5.11 Å². The molecule has 19 heavy (non-hydrogen) atoms. The Kier molecular flexibility index (Phi) is 3.53. The van der Waals surface area contributed by atoms with Gasteiger partial charge in [-0.15, -0.1) is 0 Å². The highest BCUT2D eigenvalue weighted by molar-refractivity contribution is 5.24. The lowest BCUT2D eigenvalue weighted by Gasteiger charge is -2.19. The molecule has 1 N–H and O–H groups in total. The Morgan fingerprint density at radius 3 is 1.89 bits per heavy atom. The first-order valence-corrected chi connectivity index (χ1v) is 5.68. The van der Waals surface area contributed by atoms with Crippen LogP contribution in [-0.2, 0) is 6.54 Å². The third-order valence-corrected chi connectivity index (χ3v) is 3.21. The molecule has 1 aromatic rings. The molecule has 0 aromatic heterocycles. The van der Waals surface area contributed by atoms with Crippen molar-refractivity contribution in [1.29, 1.82) is 0 Å². The summed E-state index contributed by atoms with van der Waals surface area (Å²) in [5, 5.41) is 9.70. The first kappa shape index (κ1) is 14.2. The van der Waals surface area contributed by atoms with Crippen molar-refractivity contribution >= 4 is 0 Å². The van der Waals surface area contributed by atoms with Crippen molar-refractivity contribution in [2.45, 2.75) is 25.5 Å². The van der Waals surface area contributed by atoms with E-state index in [0.717, 1.165) is 0 Å². The highest BCUT2D eigenvalue weighted by Gasteiger charge is 2.33. The zero-order valence-electron chi connectivity index (χ0n) is 10.1. The molecule has 0 aliphatic carbocycles. The number of halogens is 5. The maximum atomic E-state index is 13.4. The van der Waals surface area contributed by atoms with E-state index in [1.165, 1.54) is 4.90 Å². The third kappa shape index (κ3) is 2.57. The SMILES string of the molecule is CC1(O)CCN(Cc2c(F)c(F)c(F)c(F)c2F)C1. The zero-order chi connectivity index (χ0) is 14.4. The molecule has 1 aromatic carbocycles. The van der Waals surface area contributed by atoms with Gasteiger partial charge in [-0.25, -0.2) is 22.0 Å². The van der Waals surface area contributed by atoms with Crippen LogP contribution in [-0.4, -0.2) is 28.7 Å². The number of aliphatic hydroxyl groups is 1. The number of hydrogen-bond donors (Lipinski definition) is 1. The van der Waals surface area contributed by atoms with Gasteiger partial charge in [-0.3, -0.25) is 4.90 Å². The van der Waals surface area contributed by atoms with Crippen LogP contribution in [0.4, 0.5) is 22.0 Å². The second-order valence-corrected chi connectivity index (χ2v) is 5.01. The van der Waals surface area contributed by atoms with Gasteiger partial charge >= 0.3 is 0 Å². The van der Waals surface area contributed by atoms with Crippen LogP contribution in [0.2, 0.25) is 0 Å². The number of rotatable bonds is 2. The highest BCUT2D eigenvalue weighted by atomic mass is 19.2. The average Bonchev–Trinajstić information content (AvgIpc) is 2.69. The lowest BCUT2D eigenvalue weighted by atomic mass is 10.1. The van der Waals surface area contributed by atoms with Crippen LogP contribution < -0.4 is 0 Å². The van der Waals surface area contributed by atoms with E-state index in [0.29, 0.717) is 13.0 Å². The first-order chi connectivity index (χ1) is 8.73. The van der Waals surface area contributed by atoms with Gasteiger partial charge in [-0.05, 0) is 13.3 Å². The molecular formula is C12H12F5NO. The molecule has 0 radical (unpaired) electrons. The normalized spacial score (nSPS) is 24.2. The van der Waals surface area contributed by atoms with Gasteiger partial charge in [0, 0.05) is 25.2 Å².